The lowest BCUT2D eigenvalue weighted by molar-refractivity contribution is -0.153. The molecule has 1 atom stereocenters. The molecule has 0 aliphatic rings. The lowest BCUT2D eigenvalue weighted by atomic mass is 10.2. The number of rotatable bonds is 9. The molecular formula is C21H24FNO5. The first-order valence-electron chi connectivity index (χ1n) is 8.92. The average Bonchev–Trinajstić information content (AvgIpc) is 2.68. The molecule has 0 radical (unpaired) electrons. The number of amides is 1. The molecule has 2 rings (SSSR count). The van der Waals surface area contributed by atoms with Crippen LogP contribution in [0.25, 0.3) is 0 Å². The predicted octanol–water partition coefficient (Wildman–Crippen LogP) is 3.87. The number of benzene rings is 2. The smallest absolute Gasteiger partial charge is 0.306 e. The fourth-order valence-electron chi connectivity index (χ4n) is 2.30. The second kappa shape index (κ2) is 10.3. The third-order valence-corrected chi connectivity index (χ3v) is 3.97. The Hall–Kier alpha value is -3.09. The summed E-state index contributed by atoms with van der Waals surface area (Å²) in [5, 5.41) is 2.52. The maximum absolute atomic E-state index is 13.5. The van der Waals surface area contributed by atoms with E-state index in [4.69, 9.17) is 14.2 Å². The monoisotopic (exact) mass is 389 g/mol. The molecule has 1 amide bonds. The van der Waals surface area contributed by atoms with Gasteiger partial charge in [0, 0.05) is 12.1 Å². The van der Waals surface area contributed by atoms with Crippen LogP contribution in [-0.4, -0.2) is 31.7 Å². The molecule has 1 N–H and O–H groups in total. The Morgan fingerprint density at radius 2 is 1.79 bits per heavy atom. The number of hydrogen-bond donors (Lipinski definition) is 1. The molecule has 0 aliphatic heterocycles. The Morgan fingerprint density at radius 3 is 2.43 bits per heavy atom. The van der Waals surface area contributed by atoms with E-state index < -0.39 is 23.8 Å². The third-order valence-electron chi connectivity index (χ3n) is 3.97. The summed E-state index contributed by atoms with van der Waals surface area (Å²) in [6.07, 6.45) is -0.422. The van der Waals surface area contributed by atoms with Crippen molar-refractivity contribution < 1.29 is 28.2 Å². The molecule has 2 aromatic carbocycles. The molecule has 0 bridgehead atoms. The standard InChI is InChI=1S/C21H24FNO5/c1-14-6-7-16(13-19(14)22)23-21(25)15(2)28-20(24)5-4-12-27-18-10-8-17(26-3)9-11-18/h6-11,13,15H,4-5,12H2,1-3H3,(H,23,25)/t15-/m0/s1. The van der Waals surface area contributed by atoms with Gasteiger partial charge < -0.3 is 19.5 Å². The number of carbonyl (C=O) groups excluding carboxylic acids is 2. The van der Waals surface area contributed by atoms with Crippen LogP contribution in [0.5, 0.6) is 11.5 Å². The van der Waals surface area contributed by atoms with Crippen molar-refractivity contribution in [2.45, 2.75) is 32.8 Å². The number of anilines is 1. The van der Waals surface area contributed by atoms with E-state index in [2.05, 4.69) is 5.32 Å². The minimum absolute atomic E-state index is 0.118. The Labute approximate surface area is 163 Å². The quantitative estimate of drug-likeness (QED) is 0.521. The number of carbonyl (C=O) groups is 2. The number of methoxy groups -OCH3 is 1. The molecule has 0 saturated carbocycles. The van der Waals surface area contributed by atoms with E-state index in [0.717, 1.165) is 5.75 Å². The highest BCUT2D eigenvalue weighted by atomic mass is 19.1. The number of esters is 1. The van der Waals surface area contributed by atoms with Gasteiger partial charge in [-0.15, -0.1) is 0 Å². The van der Waals surface area contributed by atoms with E-state index in [1.54, 1.807) is 50.4 Å². The van der Waals surface area contributed by atoms with Crippen molar-refractivity contribution in [1.82, 2.24) is 0 Å². The summed E-state index contributed by atoms with van der Waals surface area (Å²) in [5.74, 6) is -0.0368. The van der Waals surface area contributed by atoms with Crippen molar-refractivity contribution in [3.63, 3.8) is 0 Å². The van der Waals surface area contributed by atoms with Gasteiger partial charge in [-0.2, -0.15) is 0 Å². The maximum atomic E-state index is 13.5. The van der Waals surface area contributed by atoms with Crippen molar-refractivity contribution in [3.05, 3.63) is 53.8 Å². The van der Waals surface area contributed by atoms with Gasteiger partial charge in [-0.25, -0.2) is 4.39 Å². The lowest BCUT2D eigenvalue weighted by Gasteiger charge is -2.14. The first kappa shape index (κ1) is 21.2. The van der Waals surface area contributed by atoms with Gasteiger partial charge in [-0.05, 0) is 62.2 Å². The average molecular weight is 389 g/mol. The van der Waals surface area contributed by atoms with E-state index >= 15 is 0 Å². The zero-order valence-electron chi connectivity index (χ0n) is 16.2. The van der Waals surface area contributed by atoms with Crippen LogP contribution in [0, 0.1) is 12.7 Å². The largest absolute Gasteiger partial charge is 0.497 e. The molecule has 2 aromatic rings. The summed E-state index contributed by atoms with van der Waals surface area (Å²) in [6, 6.07) is 11.5. The predicted molar refractivity (Wildman–Crippen MR) is 103 cm³/mol. The summed E-state index contributed by atoms with van der Waals surface area (Å²) in [7, 11) is 1.59. The van der Waals surface area contributed by atoms with Crippen molar-refractivity contribution in [1.29, 1.82) is 0 Å². The van der Waals surface area contributed by atoms with Crippen LogP contribution in [0.4, 0.5) is 10.1 Å². The van der Waals surface area contributed by atoms with Gasteiger partial charge >= 0.3 is 5.97 Å². The van der Waals surface area contributed by atoms with Crippen LogP contribution >= 0.6 is 0 Å². The fraction of sp³-hybridized carbons (Fsp3) is 0.333. The van der Waals surface area contributed by atoms with Crippen molar-refractivity contribution >= 4 is 17.6 Å². The summed E-state index contributed by atoms with van der Waals surface area (Å²) >= 11 is 0. The number of halogens is 1. The zero-order chi connectivity index (χ0) is 20.5. The van der Waals surface area contributed by atoms with Gasteiger partial charge in [0.1, 0.15) is 17.3 Å². The van der Waals surface area contributed by atoms with E-state index in [1.807, 2.05) is 0 Å². The first-order valence-corrected chi connectivity index (χ1v) is 8.92. The molecule has 0 heterocycles. The van der Waals surface area contributed by atoms with Crippen molar-refractivity contribution in [2.75, 3.05) is 19.0 Å². The molecule has 7 heteroatoms. The Kier molecular flexibility index (Phi) is 7.80. The number of hydrogen-bond acceptors (Lipinski definition) is 5. The summed E-state index contributed by atoms with van der Waals surface area (Å²) in [6.45, 7) is 3.43. The minimum atomic E-state index is -0.987. The van der Waals surface area contributed by atoms with Gasteiger partial charge in [0.25, 0.3) is 5.91 Å². The fourth-order valence-corrected chi connectivity index (χ4v) is 2.30. The van der Waals surface area contributed by atoms with E-state index in [-0.39, 0.29) is 6.42 Å². The number of nitrogens with one attached hydrogen (secondary N) is 1. The highest BCUT2D eigenvalue weighted by Gasteiger charge is 2.18. The lowest BCUT2D eigenvalue weighted by Crippen LogP contribution is -2.30. The summed E-state index contributed by atoms with van der Waals surface area (Å²) in [5.41, 5.74) is 0.790. The molecule has 28 heavy (non-hydrogen) atoms. The van der Waals surface area contributed by atoms with Crippen LogP contribution in [0.3, 0.4) is 0 Å². The molecule has 0 unspecified atom stereocenters. The second-order valence-corrected chi connectivity index (χ2v) is 6.21. The van der Waals surface area contributed by atoms with Crippen LogP contribution in [0.15, 0.2) is 42.5 Å². The highest BCUT2D eigenvalue weighted by molar-refractivity contribution is 5.95. The van der Waals surface area contributed by atoms with E-state index in [0.29, 0.717) is 30.0 Å². The van der Waals surface area contributed by atoms with E-state index in [1.165, 1.54) is 13.0 Å². The summed E-state index contributed by atoms with van der Waals surface area (Å²) < 4.78 is 29.2. The maximum Gasteiger partial charge on any atom is 0.306 e. The molecule has 0 fully saturated rings. The molecule has 0 aliphatic carbocycles. The van der Waals surface area contributed by atoms with Crippen molar-refractivity contribution in [2.24, 2.45) is 0 Å². The van der Waals surface area contributed by atoms with Gasteiger partial charge in [0.15, 0.2) is 6.10 Å². The zero-order valence-corrected chi connectivity index (χ0v) is 16.2. The van der Waals surface area contributed by atoms with Crippen LogP contribution in [0.2, 0.25) is 0 Å². The Bertz CT molecular complexity index is 807. The van der Waals surface area contributed by atoms with E-state index in [9.17, 15) is 14.0 Å². The second-order valence-electron chi connectivity index (χ2n) is 6.21. The van der Waals surface area contributed by atoms with Gasteiger partial charge in [0.2, 0.25) is 0 Å². The minimum Gasteiger partial charge on any atom is -0.497 e. The summed E-state index contributed by atoms with van der Waals surface area (Å²) in [4.78, 5) is 23.9. The first-order chi connectivity index (χ1) is 13.4. The van der Waals surface area contributed by atoms with Crippen LogP contribution in [0.1, 0.15) is 25.3 Å². The molecule has 6 nitrogen and oxygen atoms in total. The molecule has 0 saturated heterocycles. The Balaban J connectivity index is 1.69. The molecule has 150 valence electrons. The Morgan fingerprint density at radius 1 is 1.11 bits per heavy atom. The van der Waals surface area contributed by atoms with Crippen molar-refractivity contribution in [3.8, 4) is 11.5 Å². The molecular weight excluding hydrogens is 365 g/mol. The van der Waals surface area contributed by atoms with Gasteiger partial charge in [0.05, 0.1) is 13.7 Å². The molecule has 0 aromatic heterocycles. The third kappa shape index (κ3) is 6.57. The van der Waals surface area contributed by atoms with Gasteiger partial charge in [-0.3, -0.25) is 9.59 Å². The molecule has 0 spiro atoms. The normalized spacial score (nSPS) is 11.4. The SMILES string of the molecule is COc1ccc(OCCCC(=O)O[C@@H](C)C(=O)Nc2ccc(C)c(F)c2)cc1. The highest BCUT2D eigenvalue weighted by Crippen LogP contribution is 2.17. The van der Waals surface area contributed by atoms with Crippen LogP contribution in [-0.2, 0) is 14.3 Å². The number of aryl methyl sites for hydroxylation is 1. The van der Waals surface area contributed by atoms with Gasteiger partial charge in [-0.1, -0.05) is 6.07 Å². The topological polar surface area (TPSA) is 73.9 Å². The number of ether oxygens (including phenoxy) is 3. The van der Waals surface area contributed by atoms with Crippen LogP contribution < -0.4 is 14.8 Å².